The van der Waals surface area contributed by atoms with Crippen molar-refractivity contribution >= 4 is 26.9 Å². The van der Waals surface area contributed by atoms with Crippen LogP contribution < -0.4 is 9.80 Å². The number of nitro groups is 1. The lowest BCUT2D eigenvalue weighted by Gasteiger charge is -2.42. The van der Waals surface area contributed by atoms with E-state index in [-0.39, 0.29) is 16.6 Å². The van der Waals surface area contributed by atoms with Gasteiger partial charge in [-0.05, 0) is 43.7 Å². The van der Waals surface area contributed by atoms with E-state index in [0.29, 0.717) is 18.8 Å². The molecule has 0 aliphatic carbocycles. The Morgan fingerprint density at radius 3 is 2.48 bits per heavy atom. The minimum Gasteiger partial charge on any atom is -0.365 e. The highest BCUT2D eigenvalue weighted by Crippen LogP contribution is 2.33. The normalized spacial score (nSPS) is 17.8. The van der Waals surface area contributed by atoms with Gasteiger partial charge in [0.05, 0.1) is 9.82 Å². The van der Waals surface area contributed by atoms with Gasteiger partial charge in [0, 0.05) is 43.7 Å². The summed E-state index contributed by atoms with van der Waals surface area (Å²) in [5.41, 5.74) is 2.62. The third kappa shape index (κ3) is 4.05. The average molecular weight is 389 g/mol. The minimum atomic E-state index is -3.50. The number of sulfone groups is 1. The molecule has 1 saturated heterocycles. The van der Waals surface area contributed by atoms with Gasteiger partial charge in [-0.1, -0.05) is 12.1 Å². The predicted molar refractivity (Wildman–Crippen MR) is 106 cm³/mol. The van der Waals surface area contributed by atoms with E-state index in [1.165, 1.54) is 11.6 Å². The molecule has 0 N–H and O–H groups in total. The Morgan fingerprint density at radius 1 is 1.15 bits per heavy atom. The first-order valence-electron chi connectivity index (χ1n) is 8.73. The van der Waals surface area contributed by atoms with Crippen LogP contribution in [-0.4, -0.2) is 45.3 Å². The number of hydrogen-bond donors (Lipinski definition) is 0. The summed E-state index contributed by atoms with van der Waals surface area (Å²) in [4.78, 5) is 15.2. The predicted octanol–water partition coefficient (Wildman–Crippen LogP) is 3.02. The number of piperazine rings is 1. The quantitative estimate of drug-likeness (QED) is 0.590. The second kappa shape index (κ2) is 7.19. The molecule has 3 rings (SSSR count). The van der Waals surface area contributed by atoms with Gasteiger partial charge in [0.15, 0.2) is 9.84 Å². The van der Waals surface area contributed by atoms with Crippen LogP contribution in [0, 0.1) is 17.0 Å². The third-order valence-corrected chi connectivity index (χ3v) is 5.98. The highest BCUT2D eigenvalue weighted by molar-refractivity contribution is 7.90. The smallest absolute Gasteiger partial charge is 0.293 e. The molecule has 2 aromatic carbocycles. The van der Waals surface area contributed by atoms with Crippen LogP contribution >= 0.6 is 0 Å². The molecule has 0 amide bonds. The summed E-state index contributed by atoms with van der Waals surface area (Å²) in [5.74, 6) is 0. The standard InChI is InChI=1S/C19H23N3O4S/c1-14-5-4-6-16(11-14)21-10-9-20(13-15(21)2)18-8-7-17(27(3,25)26)12-19(18)22(23)24/h4-8,11-12,15H,9-10,13H2,1-3H3. The summed E-state index contributed by atoms with van der Waals surface area (Å²) in [6.45, 7) is 6.11. The molecule has 0 radical (unpaired) electrons. The molecule has 0 bridgehead atoms. The van der Waals surface area contributed by atoms with E-state index >= 15 is 0 Å². The van der Waals surface area contributed by atoms with Crippen molar-refractivity contribution in [2.45, 2.75) is 24.8 Å². The van der Waals surface area contributed by atoms with E-state index in [1.807, 2.05) is 11.0 Å². The summed E-state index contributed by atoms with van der Waals surface area (Å²) in [5, 5.41) is 11.5. The highest BCUT2D eigenvalue weighted by atomic mass is 32.2. The van der Waals surface area contributed by atoms with Crippen molar-refractivity contribution in [2.75, 3.05) is 35.7 Å². The lowest BCUT2D eigenvalue weighted by Crippen LogP contribution is -2.52. The number of benzene rings is 2. The van der Waals surface area contributed by atoms with Gasteiger partial charge in [0.2, 0.25) is 0 Å². The van der Waals surface area contributed by atoms with Gasteiger partial charge in [-0.25, -0.2) is 8.42 Å². The number of nitro benzene ring substituents is 1. The van der Waals surface area contributed by atoms with E-state index in [1.54, 1.807) is 6.07 Å². The van der Waals surface area contributed by atoms with Gasteiger partial charge in [0.1, 0.15) is 5.69 Å². The number of aryl methyl sites for hydroxylation is 1. The Labute approximate surface area is 159 Å². The summed E-state index contributed by atoms with van der Waals surface area (Å²) in [6.07, 6.45) is 1.05. The van der Waals surface area contributed by atoms with Crippen molar-refractivity contribution in [1.82, 2.24) is 0 Å². The summed E-state index contributed by atoms with van der Waals surface area (Å²) >= 11 is 0. The molecule has 1 unspecified atom stereocenters. The zero-order valence-electron chi connectivity index (χ0n) is 15.6. The van der Waals surface area contributed by atoms with Crippen LogP contribution in [0.3, 0.4) is 0 Å². The van der Waals surface area contributed by atoms with Crippen molar-refractivity contribution in [3.05, 3.63) is 58.1 Å². The molecule has 7 nitrogen and oxygen atoms in total. The van der Waals surface area contributed by atoms with E-state index in [0.717, 1.165) is 24.6 Å². The van der Waals surface area contributed by atoms with Gasteiger partial charge in [-0.15, -0.1) is 0 Å². The fraction of sp³-hybridized carbons (Fsp3) is 0.368. The fourth-order valence-corrected chi connectivity index (χ4v) is 4.16. The molecule has 1 heterocycles. The van der Waals surface area contributed by atoms with Gasteiger partial charge in [-0.2, -0.15) is 0 Å². The first kappa shape index (κ1) is 19.2. The number of anilines is 2. The van der Waals surface area contributed by atoms with Crippen LogP contribution in [0.1, 0.15) is 12.5 Å². The van der Waals surface area contributed by atoms with Crippen molar-refractivity contribution in [1.29, 1.82) is 0 Å². The lowest BCUT2D eigenvalue weighted by atomic mass is 10.1. The molecule has 1 atom stereocenters. The topological polar surface area (TPSA) is 83.8 Å². The summed E-state index contributed by atoms with van der Waals surface area (Å²) in [7, 11) is -3.50. The molecular weight excluding hydrogens is 366 g/mol. The molecule has 8 heteroatoms. The third-order valence-electron chi connectivity index (χ3n) is 4.87. The molecule has 1 aliphatic rings. The van der Waals surface area contributed by atoms with Crippen LogP contribution in [0.2, 0.25) is 0 Å². The molecule has 0 spiro atoms. The molecule has 27 heavy (non-hydrogen) atoms. The molecule has 0 saturated carbocycles. The largest absolute Gasteiger partial charge is 0.365 e. The van der Waals surface area contributed by atoms with E-state index in [2.05, 4.69) is 36.9 Å². The molecule has 2 aromatic rings. The summed E-state index contributed by atoms with van der Waals surface area (Å²) < 4.78 is 23.5. The zero-order chi connectivity index (χ0) is 19.8. The van der Waals surface area contributed by atoms with Crippen molar-refractivity contribution in [2.24, 2.45) is 0 Å². The minimum absolute atomic E-state index is 0.0376. The Balaban J connectivity index is 1.88. The van der Waals surface area contributed by atoms with E-state index < -0.39 is 14.8 Å². The molecule has 0 aromatic heterocycles. The molecule has 1 aliphatic heterocycles. The van der Waals surface area contributed by atoms with Gasteiger partial charge < -0.3 is 9.80 Å². The Bertz CT molecular complexity index is 975. The number of nitrogens with zero attached hydrogens (tertiary/aromatic N) is 3. The molecule has 1 fully saturated rings. The Hall–Kier alpha value is -2.61. The van der Waals surface area contributed by atoms with Crippen molar-refractivity contribution in [3.8, 4) is 0 Å². The second-order valence-electron chi connectivity index (χ2n) is 7.01. The number of rotatable bonds is 4. The van der Waals surface area contributed by atoms with E-state index in [9.17, 15) is 18.5 Å². The Kier molecular flexibility index (Phi) is 5.10. The van der Waals surface area contributed by atoms with Crippen LogP contribution in [0.4, 0.5) is 17.1 Å². The van der Waals surface area contributed by atoms with E-state index in [4.69, 9.17) is 0 Å². The Morgan fingerprint density at radius 2 is 1.89 bits per heavy atom. The second-order valence-corrected chi connectivity index (χ2v) is 9.02. The summed E-state index contributed by atoms with van der Waals surface area (Å²) in [6, 6.07) is 12.6. The van der Waals surface area contributed by atoms with Gasteiger partial charge in [0.25, 0.3) is 5.69 Å². The first-order valence-corrected chi connectivity index (χ1v) is 10.6. The lowest BCUT2D eigenvalue weighted by molar-refractivity contribution is -0.384. The maximum atomic E-state index is 11.7. The van der Waals surface area contributed by atoms with Crippen LogP contribution in [0.15, 0.2) is 47.4 Å². The zero-order valence-corrected chi connectivity index (χ0v) is 16.4. The highest BCUT2D eigenvalue weighted by Gasteiger charge is 2.29. The maximum Gasteiger partial charge on any atom is 0.293 e. The van der Waals surface area contributed by atoms with Crippen molar-refractivity contribution < 1.29 is 13.3 Å². The van der Waals surface area contributed by atoms with Crippen LogP contribution in [0.25, 0.3) is 0 Å². The monoisotopic (exact) mass is 389 g/mol. The molecular formula is C19H23N3O4S. The van der Waals surface area contributed by atoms with Crippen LogP contribution in [-0.2, 0) is 9.84 Å². The SMILES string of the molecule is Cc1cccc(N2CCN(c3ccc(S(C)(=O)=O)cc3[N+](=O)[O-])CC2C)c1. The van der Waals surface area contributed by atoms with Gasteiger partial charge in [-0.3, -0.25) is 10.1 Å². The first-order chi connectivity index (χ1) is 12.7. The molecule has 144 valence electrons. The van der Waals surface area contributed by atoms with Gasteiger partial charge >= 0.3 is 0 Å². The van der Waals surface area contributed by atoms with Crippen molar-refractivity contribution in [3.63, 3.8) is 0 Å². The maximum absolute atomic E-state index is 11.7. The number of hydrogen-bond acceptors (Lipinski definition) is 6. The van der Waals surface area contributed by atoms with Crippen LogP contribution in [0.5, 0.6) is 0 Å². The average Bonchev–Trinajstić information content (AvgIpc) is 2.60. The fourth-order valence-electron chi connectivity index (χ4n) is 3.51.